The van der Waals surface area contributed by atoms with Gasteiger partial charge in [-0.15, -0.1) is 0 Å². The summed E-state index contributed by atoms with van der Waals surface area (Å²) in [6.45, 7) is 4.05. The van der Waals surface area contributed by atoms with E-state index in [4.69, 9.17) is 5.73 Å². The van der Waals surface area contributed by atoms with Crippen molar-refractivity contribution in [1.29, 1.82) is 0 Å². The van der Waals surface area contributed by atoms with Gasteiger partial charge in [0, 0.05) is 30.5 Å². The van der Waals surface area contributed by atoms with E-state index in [9.17, 15) is 0 Å². The average Bonchev–Trinajstić information content (AvgIpc) is 2.94. The van der Waals surface area contributed by atoms with E-state index in [0.29, 0.717) is 5.82 Å². The molecule has 2 N–H and O–H groups in total. The van der Waals surface area contributed by atoms with E-state index in [2.05, 4.69) is 46.9 Å². The summed E-state index contributed by atoms with van der Waals surface area (Å²) in [6.07, 6.45) is 2.97. The van der Waals surface area contributed by atoms with Crippen LogP contribution >= 0.6 is 0 Å². The van der Waals surface area contributed by atoms with Crippen molar-refractivity contribution in [2.45, 2.75) is 26.4 Å². The summed E-state index contributed by atoms with van der Waals surface area (Å²) in [5.74, 6) is 0.586. The number of aryl methyl sites for hydroxylation is 3. The highest BCUT2D eigenvalue weighted by Crippen LogP contribution is 2.19. The molecule has 2 heterocycles. The molecule has 0 spiro atoms. The van der Waals surface area contributed by atoms with Crippen LogP contribution in [0.2, 0.25) is 0 Å². The van der Waals surface area contributed by atoms with Gasteiger partial charge in [0.25, 0.3) is 0 Å². The van der Waals surface area contributed by atoms with E-state index < -0.39 is 0 Å². The van der Waals surface area contributed by atoms with Gasteiger partial charge in [-0.3, -0.25) is 4.68 Å². The summed E-state index contributed by atoms with van der Waals surface area (Å²) in [4.78, 5) is 0. The highest BCUT2D eigenvalue weighted by molar-refractivity contribution is 5.81. The number of nitrogens with two attached hydrogens (primary N) is 1. The number of nitrogen functional groups attached to an aromatic ring is 1. The Bertz CT molecular complexity index is 693. The second-order valence-electron chi connectivity index (χ2n) is 4.85. The van der Waals surface area contributed by atoms with Gasteiger partial charge < -0.3 is 10.3 Å². The van der Waals surface area contributed by atoms with E-state index in [1.54, 1.807) is 0 Å². The molecule has 2 aromatic heterocycles. The fourth-order valence-electron chi connectivity index (χ4n) is 2.54. The lowest BCUT2D eigenvalue weighted by Crippen LogP contribution is -2.06. The maximum atomic E-state index is 5.61. The van der Waals surface area contributed by atoms with E-state index in [0.717, 1.165) is 19.5 Å². The fourth-order valence-corrected chi connectivity index (χ4v) is 2.54. The van der Waals surface area contributed by atoms with Gasteiger partial charge in [0.15, 0.2) is 0 Å². The minimum Gasteiger partial charge on any atom is -0.382 e. The first-order valence-electron chi connectivity index (χ1n) is 6.58. The van der Waals surface area contributed by atoms with Crippen LogP contribution in [0.5, 0.6) is 0 Å². The predicted molar refractivity (Wildman–Crippen MR) is 77.9 cm³/mol. The van der Waals surface area contributed by atoms with E-state index in [1.807, 2.05) is 16.9 Å². The first-order valence-corrected chi connectivity index (χ1v) is 6.58. The number of hydrogen-bond donors (Lipinski definition) is 1. The summed E-state index contributed by atoms with van der Waals surface area (Å²) < 4.78 is 4.26. The number of aromatic nitrogens is 3. The Labute approximate surface area is 112 Å². The molecule has 1 aromatic carbocycles. The fraction of sp³-hybridized carbons (Fsp3) is 0.267. The normalized spacial score (nSPS) is 11.2. The Morgan fingerprint density at radius 2 is 2.00 bits per heavy atom. The van der Waals surface area contributed by atoms with Crippen LogP contribution in [0.4, 0.5) is 5.82 Å². The molecule has 0 aliphatic rings. The van der Waals surface area contributed by atoms with Crippen molar-refractivity contribution < 1.29 is 0 Å². The van der Waals surface area contributed by atoms with Gasteiger partial charge in [-0.1, -0.05) is 18.2 Å². The quantitative estimate of drug-likeness (QED) is 0.778. The largest absolute Gasteiger partial charge is 0.382 e. The second kappa shape index (κ2) is 4.80. The molecular weight excluding hydrogens is 236 g/mol. The molecule has 98 valence electrons. The number of benzene rings is 1. The van der Waals surface area contributed by atoms with Crippen LogP contribution in [-0.2, 0) is 13.1 Å². The molecule has 0 aliphatic carbocycles. The predicted octanol–water partition coefficient (Wildman–Crippen LogP) is 2.82. The summed E-state index contributed by atoms with van der Waals surface area (Å²) in [5.41, 5.74) is 8.22. The Balaban J connectivity index is 1.73. The molecule has 0 aliphatic heterocycles. The molecule has 0 bridgehead atoms. The lowest BCUT2D eigenvalue weighted by molar-refractivity contribution is 0.531. The van der Waals surface area contributed by atoms with Crippen LogP contribution < -0.4 is 5.73 Å². The Kier molecular flexibility index (Phi) is 2.99. The van der Waals surface area contributed by atoms with Crippen molar-refractivity contribution in [1.82, 2.24) is 14.3 Å². The highest BCUT2D eigenvalue weighted by Gasteiger charge is 2.04. The number of hydrogen-bond acceptors (Lipinski definition) is 2. The number of anilines is 1. The second-order valence-corrected chi connectivity index (χ2v) is 4.85. The molecule has 0 radical (unpaired) electrons. The number of nitrogens with zero attached hydrogens (tertiary/aromatic N) is 3. The van der Waals surface area contributed by atoms with E-state index >= 15 is 0 Å². The third kappa shape index (κ3) is 2.34. The van der Waals surface area contributed by atoms with E-state index in [1.165, 1.54) is 16.6 Å². The van der Waals surface area contributed by atoms with Gasteiger partial charge in [-0.2, -0.15) is 5.10 Å². The van der Waals surface area contributed by atoms with Gasteiger partial charge in [0.1, 0.15) is 5.82 Å². The molecule has 3 aromatic rings. The molecule has 4 nitrogen and oxygen atoms in total. The standard InChI is InChI=1S/C15H18N4/c1-12-11-13-5-2-3-6-14(13)19(12)9-4-8-18-10-7-15(16)17-18/h2-3,5-7,10-11H,4,8-9H2,1H3,(H2,16,17). The Morgan fingerprint density at radius 1 is 1.16 bits per heavy atom. The molecule has 0 unspecified atom stereocenters. The number of para-hydroxylation sites is 1. The molecule has 0 saturated heterocycles. The molecule has 19 heavy (non-hydrogen) atoms. The first-order chi connectivity index (χ1) is 9.24. The van der Waals surface area contributed by atoms with E-state index in [-0.39, 0.29) is 0 Å². The summed E-state index contributed by atoms with van der Waals surface area (Å²) in [5, 5.41) is 5.51. The Hall–Kier alpha value is -2.23. The van der Waals surface area contributed by atoms with Gasteiger partial charge in [-0.25, -0.2) is 0 Å². The number of rotatable bonds is 4. The minimum atomic E-state index is 0.586. The Morgan fingerprint density at radius 3 is 2.79 bits per heavy atom. The first kappa shape index (κ1) is 11.8. The zero-order chi connectivity index (χ0) is 13.2. The zero-order valence-corrected chi connectivity index (χ0v) is 11.1. The molecule has 4 heteroatoms. The van der Waals surface area contributed by atoms with Crippen molar-refractivity contribution in [2.75, 3.05) is 5.73 Å². The maximum Gasteiger partial charge on any atom is 0.145 e. The minimum absolute atomic E-state index is 0.586. The molecule has 3 rings (SSSR count). The van der Waals surface area contributed by atoms with Gasteiger partial charge in [-0.05, 0) is 36.9 Å². The van der Waals surface area contributed by atoms with Crippen molar-refractivity contribution in [3.05, 3.63) is 48.3 Å². The number of fused-ring (bicyclic) bond motifs is 1. The average molecular weight is 254 g/mol. The maximum absolute atomic E-state index is 5.61. The van der Waals surface area contributed by atoms with Crippen molar-refractivity contribution in [3.8, 4) is 0 Å². The van der Waals surface area contributed by atoms with Crippen LogP contribution in [0, 0.1) is 6.92 Å². The van der Waals surface area contributed by atoms with Gasteiger partial charge in [0.05, 0.1) is 0 Å². The summed E-state index contributed by atoms with van der Waals surface area (Å²) in [6, 6.07) is 12.6. The molecule has 0 fully saturated rings. The molecule has 0 saturated carbocycles. The van der Waals surface area contributed by atoms with Crippen molar-refractivity contribution in [2.24, 2.45) is 0 Å². The SMILES string of the molecule is Cc1cc2ccccc2n1CCCn1ccc(N)n1. The lowest BCUT2D eigenvalue weighted by atomic mass is 10.2. The zero-order valence-electron chi connectivity index (χ0n) is 11.1. The van der Waals surface area contributed by atoms with Crippen molar-refractivity contribution >= 4 is 16.7 Å². The lowest BCUT2D eigenvalue weighted by Gasteiger charge is -2.08. The monoisotopic (exact) mass is 254 g/mol. The summed E-state index contributed by atoms with van der Waals surface area (Å²) >= 11 is 0. The topological polar surface area (TPSA) is 48.8 Å². The summed E-state index contributed by atoms with van der Waals surface area (Å²) in [7, 11) is 0. The molecule has 0 atom stereocenters. The van der Waals surface area contributed by atoms with Crippen LogP contribution in [0.25, 0.3) is 10.9 Å². The third-order valence-electron chi connectivity index (χ3n) is 3.45. The third-order valence-corrected chi connectivity index (χ3v) is 3.45. The van der Waals surface area contributed by atoms with Gasteiger partial charge in [0.2, 0.25) is 0 Å². The van der Waals surface area contributed by atoms with Gasteiger partial charge >= 0.3 is 0 Å². The van der Waals surface area contributed by atoms with Crippen LogP contribution in [0.15, 0.2) is 42.6 Å². The van der Waals surface area contributed by atoms with Crippen LogP contribution in [0.3, 0.4) is 0 Å². The van der Waals surface area contributed by atoms with Crippen LogP contribution in [-0.4, -0.2) is 14.3 Å². The highest BCUT2D eigenvalue weighted by atomic mass is 15.3. The smallest absolute Gasteiger partial charge is 0.145 e. The van der Waals surface area contributed by atoms with Crippen LogP contribution in [0.1, 0.15) is 12.1 Å². The molecule has 0 amide bonds. The van der Waals surface area contributed by atoms with Crippen molar-refractivity contribution in [3.63, 3.8) is 0 Å². The molecular formula is C15H18N4.